The van der Waals surface area contributed by atoms with E-state index in [-0.39, 0.29) is 0 Å². The van der Waals surface area contributed by atoms with E-state index in [0.29, 0.717) is 5.41 Å². The second-order valence-electron chi connectivity index (χ2n) is 10.9. The molecule has 0 aromatic heterocycles. The van der Waals surface area contributed by atoms with Crippen molar-refractivity contribution in [1.82, 2.24) is 0 Å². The fourth-order valence-corrected chi connectivity index (χ4v) is 8.42. The van der Waals surface area contributed by atoms with Crippen LogP contribution in [-0.2, 0) is 0 Å². The van der Waals surface area contributed by atoms with Gasteiger partial charge in [0.25, 0.3) is 0 Å². The van der Waals surface area contributed by atoms with E-state index >= 15 is 0 Å². The lowest BCUT2D eigenvalue weighted by atomic mass is 9.49. The van der Waals surface area contributed by atoms with Crippen molar-refractivity contribution in [2.24, 2.45) is 52.8 Å². The first-order valence-corrected chi connectivity index (χ1v) is 11.7. The van der Waals surface area contributed by atoms with Crippen molar-refractivity contribution in [3.63, 3.8) is 0 Å². The number of hydrogen-bond acceptors (Lipinski definition) is 0. The maximum Gasteiger partial charge on any atom is -0.0172 e. The fraction of sp³-hybridized carbons (Fsp3) is 0.920. The Hall–Kier alpha value is -0.260. The first-order valence-electron chi connectivity index (χ1n) is 11.7. The number of hydrogen-bond donors (Lipinski definition) is 0. The minimum Gasteiger partial charge on any atom is -0.0847 e. The van der Waals surface area contributed by atoms with Crippen LogP contribution in [0.4, 0.5) is 0 Å². The molecule has 4 aliphatic carbocycles. The highest BCUT2D eigenvalue weighted by Gasteiger charge is 2.57. The van der Waals surface area contributed by atoms with Gasteiger partial charge in [0.1, 0.15) is 0 Å². The second kappa shape index (κ2) is 6.72. The third kappa shape index (κ3) is 2.76. The average Bonchev–Trinajstić information content (AvgIpc) is 3.01. The summed E-state index contributed by atoms with van der Waals surface area (Å²) in [7, 11) is 0. The van der Waals surface area contributed by atoms with Crippen molar-refractivity contribution in [2.75, 3.05) is 0 Å². The van der Waals surface area contributed by atoms with Crippen molar-refractivity contribution < 1.29 is 0 Å². The quantitative estimate of drug-likeness (QED) is 0.466. The van der Waals surface area contributed by atoms with Crippen molar-refractivity contribution in [3.05, 3.63) is 11.6 Å². The molecular formula is C25H42. The van der Waals surface area contributed by atoms with Gasteiger partial charge in [-0.05, 0) is 111 Å². The van der Waals surface area contributed by atoms with Crippen molar-refractivity contribution >= 4 is 0 Å². The minimum atomic E-state index is 0.704. The van der Waals surface area contributed by atoms with Gasteiger partial charge >= 0.3 is 0 Å². The summed E-state index contributed by atoms with van der Waals surface area (Å²) in [6.07, 6.45) is 16.2. The summed E-state index contributed by atoms with van der Waals surface area (Å²) in [5.74, 6) is 7.83. The average molecular weight is 343 g/mol. The Morgan fingerprint density at radius 2 is 1.76 bits per heavy atom. The summed E-state index contributed by atoms with van der Waals surface area (Å²) in [6.45, 7) is 12.4. The number of allylic oxidation sites excluding steroid dienone is 2. The number of rotatable bonds is 3. The Kier molecular flexibility index (Phi) is 4.87. The van der Waals surface area contributed by atoms with Gasteiger partial charge in [-0.25, -0.2) is 0 Å². The first kappa shape index (κ1) is 18.1. The maximum atomic E-state index is 2.76. The van der Waals surface area contributed by atoms with Gasteiger partial charge in [0, 0.05) is 0 Å². The van der Waals surface area contributed by atoms with Gasteiger partial charge in [-0.3, -0.25) is 0 Å². The largest absolute Gasteiger partial charge is 0.0847 e. The highest BCUT2D eigenvalue weighted by molar-refractivity contribution is 5.20. The molecule has 7 unspecified atom stereocenters. The summed E-state index contributed by atoms with van der Waals surface area (Å²) >= 11 is 0. The molecule has 0 heterocycles. The molecule has 25 heavy (non-hydrogen) atoms. The van der Waals surface area contributed by atoms with Gasteiger partial charge in [0.05, 0.1) is 0 Å². The summed E-state index contributed by atoms with van der Waals surface area (Å²) in [5.41, 5.74) is 2.60. The predicted molar refractivity (Wildman–Crippen MR) is 108 cm³/mol. The molecule has 0 nitrogen and oxygen atoms in total. The van der Waals surface area contributed by atoms with E-state index in [0.717, 1.165) is 47.3 Å². The smallest absolute Gasteiger partial charge is 0.0172 e. The van der Waals surface area contributed by atoms with E-state index in [1.807, 2.05) is 5.57 Å². The van der Waals surface area contributed by atoms with Gasteiger partial charge in [-0.1, -0.05) is 46.3 Å². The van der Waals surface area contributed by atoms with Crippen molar-refractivity contribution in [2.45, 2.75) is 92.4 Å². The van der Waals surface area contributed by atoms with E-state index in [1.54, 1.807) is 19.3 Å². The lowest BCUT2D eigenvalue weighted by Gasteiger charge is -2.55. The normalized spacial score (nSPS) is 46.6. The van der Waals surface area contributed by atoms with Crippen LogP contribution in [0.2, 0.25) is 0 Å². The molecule has 4 aliphatic rings. The lowest BCUT2D eigenvalue weighted by Crippen LogP contribution is -2.47. The number of fused-ring (bicyclic) bond motifs is 5. The first-order chi connectivity index (χ1) is 12.0. The highest BCUT2D eigenvalue weighted by atomic mass is 14.6. The summed E-state index contributed by atoms with van der Waals surface area (Å²) in [4.78, 5) is 0. The van der Waals surface area contributed by atoms with E-state index in [2.05, 4.69) is 40.7 Å². The van der Waals surface area contributed by atoms with Crippen LogP contribution in [0, 0.1) is 52.8 Å². The monoisotopic (exact) mass is 342 g/mol. The zero-order valence-corrected chi connectivity index (χ0v) is 17.6. The molecule has 0 aromatic carbocycles. The highest BCUT2D eigenvalue weighted by Crippen LogP contribution is 2.66. The standard InChI is InChI=1S/C25H42/c1-6-25-14-13-21-20-9-7-18(16(2)3)15-19(20)8-10-22(21)24(25)12-11-23(25)17(4)5/h8,16-18,20-24H,6-7,9-15H2,1-5H3. The molecule has 0 radical (unpaired) electrons. The van der Waals surface area contributed by atoms with Crippen LogP contribution < -0.4 is 0 Å². The minimum absolute atomic E-state index is 0.704. The summed E-state index contributed by atoms with van der Waals surface area (Å²) < 4.78 is 0. The van der Waals surface area contributed by atoms with Gasteiger partial charge < -0.3 is 0 Å². The van der Waals surface area contributed by atoms with E-state index in [4.69, 9.17) is 0 Å². The Morgan fingerprint density at radius 1 is 0.960 bits per heavy atom. The van der Waals surface area contributed by atoms with E-state index < -0.39 is 0 Å². The van der Waals surface area contributed by atoms with Crippen LogP contribution in [0.5, 0.6) is 0 Å². The van der Waals surface area contributed by atoms with Crippen LogP contribution in [0.1, 0.15) is 92.4 Å². The molecule has 0 aliphatic heterocycles. The molecule has 0 heteroatoms. The SMILES string of the molecule is CCC12CCC3C4CCC(C(C)C)CC4=CCC3C1CCC2C(C)C. The zero-order chi connectivity index (χ0) is 17.8. The predicted octanol–water partition coefficient (Wildman–Crippen LogP) is 7.49. The fourth-order valence-electron chi connectivity index (χ4n) is 8.42. The molecule has 142 valence electrons. The molecule has 3 saturated carbocycles. The zero-order valence-electron chi connectivity index (χ0n) is 17.6. The Morgan fingerprint density at radius 3 is 2.44 bits per heavy atom. The van der Waals surface area contributed by atoms with Crippen LogP contribution in [0.15, 0.2) is 11.6 Å². The van der Waals surface area contributed by atoms with Crippen LogP contribution in [-0.4, -0.2) is 0 Å². The van der Waals surface area contributed by atoms with Crippen LogP contribution in [0.25, 0.3) is 0 Å². The van der Waals surface area contributed by atoms with Gasteiger partial charge in [0.15, 0.2) is 0 Å². The lowest BCUT2D eigenvalue weighted by molar-refractivity contribution is -0.0392. The van der Waals surface area contributed by atoms with E-state index in [9.17, 15) is 0 Å². The van der Waals surface area contributed by atoms with Gasteiger partial charge in [0.2, 0.25) is 0 Å². The second-order valence-corrected chi connectivity index (χ2v) is 10.9. The van der Waals surface area contributed by atoms with Gasteiger partial charge in [-0.2, -0.15) is 0 Å². The molecule has 4 rings (SSSR count). The molecule has 0 N–H and O–H groups in total. The molecule has 0 spiro atoms. The van der Waals surface area contributed by atoms with Crippen LogP contribution in [0.3, 0.4) is 0 Å². The third-order valence-corrected chi connectivity index (χ3v) is 9.67. The molecular weight excluding hydrogens is 300 g/mol. The topological polar surface area (TPSA) is 0 Å². The molecule has 0 saturated heterocycles. The molecule has 3 fully saturated rings. The third-order valence-electron chi connectivity index (χ3n) is 9.67. The van der Waals surface area contributed by atoms with Crippen LogP contribution >= 0.6 is 0 Å². The molecule has 0 bridgehead atoms. The Bertz CT molecular complexity index is 512. The molecule has 0 amide bonds. The van der Waals surface area contributed by atoms with Crippen molar-refractivity contribution in [1.29, 1.82) is 0 Å². The molecule has 7 atom stereocenters. The summed E-state index contributed by atoms with van der Waals surface area (Å²) in [5, 5.41) is 0. The maximum absolute atomic E-state index is 2.76. The Balaban J connectivity index is 1.58. The van der Waals surface area contributed by atoms with Gasteiger partial charge in [-0.15, -0.1) is 0 Å². The van der Waals surface area contributed by atoms with Crippen molar-refractivity contribution in [3.8, 4) is 0 Å². The Labute approximate surface area is 157 Å². The summed E-state index contributed by atoms with van der Waals surface area (Å²) in [6, 6.07) is 0. The van der Waals surface area contributed by atoms with E-state index in [1.165, 1.54) is 38.5 Å². The molecule has 0 aromatic rings.